The van der Waals surface area contributed by atoms with Gasteiger partial charge in [0.05, 0.1) is 17.9 Å². The maximum Gasteiger partial charge on any atom is 0.255 e. The predicted octanol–water partition coefficient (Wildman–Crippen LogP) is 3.61. The van der Waals surface area contributed by atoms with Crippen molar-refractivity contribution in [2.45, 2.75) is 53.5 Å². The van der Waals surface area contributed by atoms with E-state index in [9.17, 15) is 4.79 Å². The maximum absolute atomic E-state index is 12.5. The molecule has 0 radical (unpaired) electrons. The van der Waals surface area contributed by atoms with Crippen LogP contribution in [-0.4, -0.2) is 18.1 Å². The number of para-hydroxylation sites is 1. The van der Waals surface area contributed by atoms with Gasteiger partial charge in [0.15, 0.2) is 5.75 Å². The number of hydrogen-bond acceptors (Lipinski definition) is 3. The molecule has 0 bridgehead atoms. The number of carbonyl (C=O) groups excluding carboxylic acids is 1. The summed E-state index contributed by atoms with van der Waals surface area (Å²) in [5.74, 6) is 0.309. The molecular weight excluding hydrogens is 264 g/mol. The van der Waals surface area contributed by atoms with Crippen LogP contribution < -0.4 is 15.8 Å². The minimum Gasteiger partial charge on any atom is -0.491 e. The third-order valence-electron chi connectivity index (χ3n) is 3.00. The van der Waals surface area contributed by atoms with Gasteiger partial charge in [0, 0.05) is 5.54 Å². The van der Waals surface area contributed by atoms with E-state index in [4.69, 9.17) is 10.5 Å². The monoisotopic (exact) mass is 292 g/mol. The third kappa shape index (κ3) is 5.29. The van der Waals surface area contributed by atoms with Gasteiger partial charge >= 0.3 is 0 Å². The molecule has 0 fully saturated rings. The van der Waals surface area contributed by atoms with Crippen LogP contribution >= 0.6 is 0 Å². The topological polar surface area (TPSA) is 64.3 Å². The van der Waals surface area contributed by atoms with Crippen LogP contribution in [0, 0.1) is 5.41 Å². The average molecular weight is 292 g/mol. The smallest absolute Gasteiger partial charge is 0.255 e. The second-order valence-electron chi connectivity index (χ2n) is 7.23. The van der Waals surface area contributed by atoms with Crippen LogP contribution in [0.2, 0.25) is 0 Å². The van der Waals surface area contributed by atoms with Gasteiger partial charge in [0.1, 0.15) is 0 Å². The second-order valence-corrected chi connectivity index (χ2v) is 7.23. The van der Waals surface area contributed by atoms with Crippen molar-refractivity contribution >= 4 is 11.6 Å². The molecule has 4 heteroatoms. The number of nitrogens with two attached hydrogens (primary N) is 1. The van der Waals surface area contributed by atoms with E-state index in [-0.39, 0.29) is 16.9 Å². The number of carbonyl (C=O) groups is 1. The number of amides is 1. The molecule has 118 valence electrons. The van der Waals surface area contributed by atoms with Crippen molar-refractivity contribution in [3.8, 4) is 5.75 Å². The molecule has 0 saturated carbocycles. The highest BCUT2D eigenvalue weighted by molar-refractivity contribution is 5.99. The van der Waals surface area contributed by atoms with Crippen molar-refractivity contribution in [1.82, 2.24) is 5.32 Å². The Labute approximate surface area is 128 Å². The summed E-state index contributed by atoms with van der Waals surface area (Å²) in [7, 11) is 0. The summed E-state index contributed by atoms with van der Waals surface area (Å²) in [5, 5.41) is 3.08. The number of nitrogens with one attached hydrogen (secondary N) is 1. The van der Waals surface area contributed by atoms with E-state index in [1.165, 1.54) is 0 Å². The van der Waals surface area contributed by atoms with E-state index in [1.54, 1.807) is 18.2 Å². The molecule has 21 heavy (non-hydrogen) atoms. The molecule has 0 atom stereocenters. The Kier molecular flexibility index (Phi) is 5.26. The van der Waals surface area contributed by atoms with Gasteiger partial charge in [0.2, 0.25) is 0 Å². The first-order valence-corrected chi connectivity index (χ1v) is 7.39. The fourth-order valence-corrected chi connectivity index (χ4v) is 2.78. The summed E-state index contributed by atoms with van der Waals surface area (Å²) >= 11 is 0. The van der Waals surface area contributed by atoms with E-state index < -0.39 is 0 Å². The molecule has 0 unspecified atom stereocenters. The number of rotatable bonds is 5. The molecule has 0 aliphatic carbocycles. The summed E-state index contributed by atoms with van der Waals surface area (Å²) in [6, 6.07) is 5.25. The summed E-state index contributed by atoms with van der Waals surface area (Å²) < 4.78 is 5.52. The molecule has 0 heterocycles. The third-order valence-corrected chi connectivity index (χ3v) is 3.00. The van der Waals surface area contributed by atoms with E-state index in [0.29, 0.717) is 23.6 Å². The van der Waals surface area contributed by atoms with Crippen molar-refractivity contribution in [2.75, 3.05) is 12.3 Å². The lowest BCUT2D eigenvalue weighted by Gasteiger charge is -2.33. The molecule has 3 N–H and O–H groups in total. The SMILES string of the molecule is CCOc1c(N)cccc1C(=O)NC(C)(C)CC(C)(C)C. The van der Waals surface area contributed by atoms with Crippen molar-refractivity contribution in [1.29, 1.82) is 0 Å². The van der Waals surface area contributed by atoms with Gasteiger partial charge in [-0.2, -0.15) is 0 Å². The van der Waals surface area contributed by atoms with E-state index >= 15 is 0 Å². The zero-order valence-electron chi connectivity index (χ0n) is 14.0. The van der Waals surface area contributed by atoms with Gasteiger partial charge in [-0.1, -0.05) is 26.8 Å². The van der Waals surface area contributed by atoms with Crippen molar-refractivity contribution in [3.63, 3.8) is 0 Å². The Morgan fingerprint density at radius 2 is 1.86 bits per heavy atom. The van der Waals surface area contributed by atoms with Crippen LogP contribution in [0.15, 0.2) is 18.2 Å². The van der Waals surface area contributed by atoms with Crippen molar-refractivity contribution in [3.05, 3.63) is 23.8 Å². The van der Waals surface area contributed by atoms with Crippen molar-refractivity contribution < 1.29 is 9.53 Å². The zero-order chi connectivity index (χ0) is 16.3. The molecule has 1 rings (SSSR count). The van der Waals surface area contributed by atoms with Gasteiger partial charge in [0.25, 0.3) is 5.91 Å². The fraction of sp³-hybridized carbons (Fsp3) is 0.588. The first-order chi connectivity index (χ1) is 9.56. The summed E-state index contributed by atoms with van der Waals surface area (Å²) in [5.41, 5.74) is 6.71. The molecule has 0 saturated heterocycles. The number of hydrogen-bond donors (Lipinski definition) is 2. The van der Waals surface area contributed by atoms with Gasteiger partial charge in [-0.25, -0.2) is 0 Å². The molecule has 0 aliphatic heterocycles. The number of benzene rings is 1. The minimum absolute atomic E-state index is 0.134. The Morgan fingerprint density at radius 1 is 1.24 bits per heavy atom. The second kappa shape index (κ2) is 6.37. The summed E-state index contributed by atoms with van der Waals surface area (Å²) in [4.78, 5) is 12.5. The normalized spacial score (nSPS) is 12.1. The van der Waals surface area contributed by atoms with Crippen LogP contribution in [0.25, 0.3) is 0 Å². The van der Waals surface area contributed by atoms with Gasteiger partial charge in [-0.05, 0) is 44.7 Å². The van der Waals surface area contributed by atoms with E-state index in [0.717, 1.165) is 6.42 Å². The predicted molar refractivity (Wildman–Crippen MR) is 87.6 cm³/mol. The van der Waals surface area contributed by atoms with Crippen LogP contribution in [0.4, 0.5) is 5.69 Å². The zero-order valence-corrected chi connectivity index (χ0v) is 14.0. The van der Waals surface area contributed by atoms with Gasteiger partial charge in [-0.3, -0.25) is 4.79 Å². The Balaban J connectivity index is 2.97. The highest BCUT2D eigenvalue weighted by Gasteiger charge is 2.28. The summed E-state index contributed by atoms with van der Waals surface area (Å²) in [6.45, 7) is 12.9. The first kappa shape index (κ1) is 17.3. The van der Waals surface area contributed by atoms with Crippen LogP contribution in [0.1, 0.15) is 58.3 Å². The van der Waals surface area contributed by atoms with E-state index in [2.05, 4.69) is 26.1 Å². The number of anilines is 1. The van der Waals surface area contributed by atoms with Crippen molar-refractivity contribution in [2.24, 2.45) is 5.41 Å². The molecule has 1 amide bonds. The number of ether oxygens (including phenoxy) is 1. The van der Waals surface area contributed by atoms with E-state index in [1.807, 2.05) is 20.8 Å². The molecule has 1 aromatic rings. The largest absolute Gasteiger partial charge is 0.491 e. The highest BCUT2D eigenvalue weighted by atomic mass is 16.5. The maximum atomic E-state index is 12.5. The minimum atomic E-state index is -0.302. The summed E-state index contributed by atoms with van der Waals surface area (Å²) in [6.07, 6.45) is 0.873. The van der Waals surface area contributed by atoms with Crippen LogP contribution in [-0.2, 0) is 0 Å². The lowest BCUT2D eigenvalue weighted by atomic mass is 9.81. The Bertz CT molecular complexity index is 502. The number of nitrogen functional groups attached to an aromatic ring is 1. The molecular formula is C17H28N2O2. The molecule has 4 nitrogen and oxygen atoms in total. The quantitative estimate of drug-likeness (QED) is 0.815. The lowest BCUT2D eigenvalue weighted by molar-refractivity contribution is 0.0888. The fourth-order valence-electron chi connectivity index (χ4n) is 2.78. The van der Waals surface area contributed by atoms with Crippen LogP contribution in [0.3, 0.4) is 0 Å². The first-order valence-electron chi connectivity index (χ1n) is 7.39. The molecule has 0 aliphatic rings. The highest BCUT2D eigenvalue weighted by Crippen LogP contribution is 2.29. The molecule has 0 aromatic heterocycles. The standard InChI is InChI=1S/C17H28N2O2/c1-7-21-14-12(9-8-10-13(14)18)15(20)19-17(5,6)11-16(2,3)4/h8-10H,7,11,18H2,1-6H3,(H,19,20). The molecule has 1 aromatic carbocycles. The Hall–Kier alpha value is -1.71. The van der Waals surface area contributed by atoms with Gasteiger partial charge < -0.3 is 15.8 Å². The lowest BCUT2D eigenvalue weighted by Crippen LogP contribution is -2.45. The molecule has 0 spiro atoms. The van der Waals surface area contributed by atoms with Crippen LogP contribution in [0.5, 0.6) is 5.75 Å². The van der Waals surface area contributed by atoms with Gasteiger partial charge in [-0.15, -0.1) is 0 Å². The Morgan fingerprint density at radius 3 is 2.38 bits per heavy atom. The average Bonchev–Trinajstić information content (AvgIpc) is 2.27.